The van der Waals surface area contributed by atoms with Gasteiger partial charge in [0.2, 0.25) is 0 Å². The van der Waals surface area contributed by atoms with Gasteiger partial charge in [0.25, 0.3) is 0 Å². The third kappa shape index (κ3) is 2.50. The van der Waals surface area contributed by atoms with Crippen LogP contribution in [0.15, 0.2) is 42.6 Å². The average molecular weight is 291 g/mol. The van der Waals surface area contributed by atoms with E-state index in [4.69, 9.17) is 5.73 Å². The van der Waals surface area contributed by atoms with Gasteiger partial charge in [-0.3, -0.25) is 4.98 Å². The summed E-state index contributed by atoms with van der Waals surface area (Å²) >= 11 is 0. The van der Waals surface area contributed by atoms with E-state index in [1.54, 1.807) is 30.5 Å². The highest BCUT2D eigenvalue weighted by Crippen LogP contribution is 2.35. The number of H-pyrrole nitrogens is 1. The normalized spacial score (nSPS) is 12.0. The van der Waals surface area contributed by atoms with Gasteiger partial charge in [-0.05, 0) is 29.8 Å². The minimum absolute atomic E-state index is 0.0694. The monoisotopic (exact) mass is 291 g/mol. The van der Waals surface area contributed by atoms with Gasteiger partial charge in [-0.2, -0.15) is 13.2 Å². The van der Waals surface area contributed by atoms with Gasteiger partial charge in [-0.1, -0.05) is 12.1 Å². The maximum absolute atomic E-state index is 13.0. The molecule has 3 nitrogen and oxygen atoms in total. The minimum Gasteiger partial charge on any atom is -0.353 e. The van der Waals surface area contributed by atoms with E-state index in [0.717, 1.165) is 11.6 Å². The van der Waals surface area contributed by atoms with Crippen molar-refractivity contribution in [3.8, 4) is 11.4 Å². The Morgan fingerprint density at radius 2 is 1.95 bits per heavy atom. The second-order valence-electron chi connectivity index (χ2n) is 4.70. The molecule has 21 heavy (non-hydrogen) atoms. The molecule has 0 aliphatic rings. The predicted octanol–water partition coefficient (Wildman–Crippen LogP) is 3.71. The molecule has 0 spiro atoms. The molecule has 0 aliphatic heterocycles. The Morgan fingerprint density at radius 3 is 2.67 bits per heavy atom. The van der Waals surface area contributed by atoms with Crippen LogP contribution >= 0.6 is 0 Å². The maximum atomic E-state index is 13.0. The lowest BCUT2D eigenvalue weighted by atomic mass is 10.1. The molecule has 2 heterocycles. The highest BCUT2D eigenvalue weighted by atomic mass is 19.4. The molecule has 0 radical (unpaired) electrons. The Bertz CT molecular complexity index is 790. The number of nitrogens with one attached hydrogen (secondary N) is 1. The predicted molar refractivity (Wildman–Crippen MR) is 74.4 cm³/mol. The molecule has 0 fully saturated rings. The highest BCUT2D eigenvalue weighted by Gasteiger charge is 2.33. The molecule has 108 valence electrons. The number of para-hydroxylation sites is 1. The molecule has 3 aromatic rings. The zero-order valence-corrected chi connectivity index (χ0v) is 10.9. The quantitative estimate of drug-likeness (QED) is 0.756. The maximum Gasteiger partial charge on any atom is 0.418 e. The van der Waals surface area contributed by atoms with Crippen molar-refractivity contribution in [1.82, 2.24) is 9.97 Å². The number of hydrogen-bond acceptors (Lipinski definition) is 2. The van der Waals surface area contributed by atoms with E-state index >= 15 is 0 Å². The molecular formula is C15H12F3N3. The van der Waals surface area contributed by atoms with Crippen LogP contribution in [0.4, 0.5) is 13.2 Å². The van der Waals surface area contributed by atoms with Gasteiger partial charge >= 0.3 is 6.18 Å². The van der Waals surface area contributed by atoms with Crippen molar-refractivity contribution in [3.63, 3.8) is 0 Å². The molecule has 1 aromatic carbocycles. The summed E-state index contributed by atoms with van der Waals surface area (Å²) < 4.78 is 39.0. The lowest BCUT2D eigenvalue weighted by molar-refractivity contribution is -0.136. The number of hydrogen-bond donors (Lipinski definition) is 2. The molecule has 3 N–H and O–H groups in total. The SMILES string of the molecule is NCc1ccnc(-c2cc3cccc(C(F)(F)F)c3[nH]2)c1. The Balaban J connectivity index is 2.17. The number of aromatic amines is 1. The van der Waals surface area contributed by atoms with Gasteiger partial charge < -0.3 is 10.7 Å². The average Bonchev–Trinajstić information content (AvgIpc) is 2.90. The van der Waals surface area contributed by atoms with Crippen LogP contribution in [-0.4, -0.2) is 9.97 Å². The van der Waals surface area contributed by atoms with E-state index in [0.29, 0.717) is 23.3 Å². The van der Waals surface area contributed by atoms with Crippen molar-refractivity contribution < 1.29 is 13.2 Å². The summed E-state index contributed by atoms with van der Waals surface area (Å²) in [4.78, 5) is 6.99. The molecule has 0 saturated carbocycles. The fourth-order valence-corrected chi connectivity index (χ4v) is 2.28. The standard InChI is InChI=1S/C15H12F3N3/c16-15(17,18)11-3-1-2-10-7-13(21-14(10)11)12-6-9(8-19)4-5-20-12/h1-7,21H,8,19H2. The number of benzene rings is 1. The van der Waals surface area contributed by atoms with E-state index in [-0.39, 0.29) is 5.52 Å². The topological polar surface area (TPSA) is 54.7 Å². The van der Waals surface area contributed by atoms with Crippen LogP contribution in [0.1, 0.15) is 11.1 Å². The van der Waals surface area contributed by atoms with Crippen molar-refractivity contribution >= 4 is 10.9 Å². The summed E-state index contributed by atoms with van der Waals surface area (Å²) in [6.45, 7) is 0.351. The van der Waals surface area contributed by atoms with E-state index in [1.165, 1.54) is 6.07 Å². The second-order valence-corrected chi connectivity index (χ2v) is 4.70. The largest absolute Gasteiger partial charge is 0.418 e. The van der Waals surface area contributed by atoms with E-state index in [1.807, 2.05) is 0 Å². The second kappa shape index (κ2) is 4.89. The highest BCUT2D eigenvalue weighted by molar-refractivity contribution is 5.88. The number of pyridine rings is 1. The number of alkyl halides is 3. The lowest BCUT2D eigenvalue weighted by Gasteiger charge is -2.07. The van der Waals surface area contributed by atoms with Crippen LogP contribution in [-0.2, 0) is 12.7 Å². The molecule has 2 aromatic heterocycles. The fourth-order valence-electron chi connectivity index (χ4n) is 2.28. The molecule has 0 bridgehead atoms. The summed E-state index contributed by atoms with van der Waals surface area (Å²) in [5.41, 5.74) is 6.94. The molecule has 0 aliphatic carbocycles. The van der Waals surface area contributed by atoms with Crippen LogP contribution in [0.2, 0.25) is 0 Å². The number of halogens is 3. The van der Waals surface area contributed by atoms with Crippen molar-refractivity contribution in [2.24, 2.45) is 5.73 Å². The first-order chi connectivity index (χ1) is 9.99. The van der Waals surface area contributed by atoms with Crippen molar-refractivity contribution in [1.29, 1.82) is 0 Å². The Morgan fingerprint density at radius 1 is 1.14 bits per heavy atom. The van der Waals surface area contributed by atoms with Gasteiger partial charge in [-0.15, -0.1) is 0 Å². The number of aromatic nitrogens is 2. The van der Waals surface area contributed by atoms with Crippen LogP contribution < -0.4 is 5.73 Å². The van der Waals surface area contributed by atoms with Crippen molar-refractivity contribution in [2.75, 3.05) is 0 Å². The first-order valence-electron chi connectivity index (χ1n) is 6.33. The zero-order valence-electron chi connectivity index (χ0n) is 10.9. The number of nitrogens with zero attached hydrogens (tertiary/aromatic N) is 1. The van der Waals surface area contributed by atoms with Gasteiger partial charge in [0.15, 0.2) is 0 Å². The Labute approximate surface area is 118 Å². The van der Waals surface area contributed by atoms with Crippen molar-refractivity contribution in [2.45, 2.75) is 12.7 Å². The zero-order chi connectivity index (χ0) is 15.0. The van der Waals surface area contributed by atoms with Gasteiger partial charge in [0, 0.05) is 18.1 Å². The van der Waals surface area contributed by atoms with Gasteiger partial charge in [0.05, 0.1) is 22.5 Å². The number of fused-ring (bicyclic) bond motifs is 1. The van der Waals surface area contributed by atoms with Crippen LogP contribution in [0.5, 0.6) is 0 Å². The number of nitrogens with two attached hydrogens (primary N) is 1. The Kier molecular flexibility index (Phi) is 3.17. The molecule has 6 heteroatoms. The summed E-state index contributed by atoms with van der Waals surface area (Å²) in [6.07, 6.45) is -2.80. The molecule has 0 atom stereocenters. The van der Waals surface area contributed by atoms with Gasteiger partial charge in [-0.25, -0.2) is 0 Å². The minimum atomic E-state index is -4.39. The Hall–Kier alpha value is -2.34. The van der Waals surface area contributed by atoms with Gasteiger partial charge in [0.1, 0.15) is 0 Å². The molecular weight excluding hydrogens is 279 g/mol. The van der Waals surface area contributed by atoms with Crippen LogP contribution in [0, 0.1) is 0 Å². The number of rotatable bonds is 2. The van der Waals surface area contributed by atoms with Crippen LogP contribution in [0.25, 0.3) is 22.3 Å². The molecule has 3 rings (SSSR count). The van der Waals surface area contributed by atoms with Crippen molar-refractivity contribution in [3.05, 3.63) is 53.7 Å². The first-order valence-corrected chi connectivity index (χ1v) is 6.33. The lowest BCUT2D eigenvalue weighted by Crippen LogP contribution is -2.05. The van der Waals surface area contributed by atoms with Crippen LogP contribution in [0.3, 0.4) is 0 Å². The van der Waals surface area contributed by atoms with E-state index < -0.39 is 11.7 Å². The first kappa shape index (κ1) is 13.6. The smallest absolute Gasteiger partial charge is 0.353 e. The third-order valence-corrected chi connectivity index (χ3v) is 3.30. The fraction of sp³-hybridized carbons (Fsp3) is 0.133. The molecule has 0 unspecified atom stereocenters. The third-order valence-electron chi connectivity index (χ3n) is 3.30. The van der Waals surface area contributed by atoms with E-state index in [9.17, 15) is 13.2 Å². The summed E-state index contributed by atoms with van der Waals surface area (Å²) in [6, 6.07) is 9.29. The van der Waals surface area contributed by atoms with E-state index in [2.05, 4.69) is 9.97 Å². The summed E-state index contributed by atoms with van der Waals surface area (Å²) in [7, 11) is 0. The molecule has 0 saturated heterocycles. The summed E-state index contributed by atoms with van der Waals surface area (Å²) in [5, 5.41) is 0.500. The summed E-state index contributed by atoms with van der Waals surface area (Å²) in [5.74, 6) is 0. The molecule has 0 amide bonds.